The summed E-state index contributed by atoms with van der Waals surface area (Å²) in [4.78, 5) is 25.4. The highest BCUT2D eigenvalue weighted by molar-refractivity contribution is 6.09. The number of carbonyl (C=O) groups is 2. The molecule has 0 amide bonds. The van der Waals surface area contributed by atoms with Gasteiger partial charge in [-0.2, -0.15) is 0 Å². The van der Waals surface area contributed by atoms with Crippen molar-refractivity contribution >= 4 is 29.6 Å². The van der Waals surface area contributed by atoms with Crippen molar-refractivity contribution in [3.05, 3.63) is 87.8 Å². The number of rotatable bonds is 6. The lowest BCUT2D eigenvalue weighted by molar-refractivity contribution is -0.131. The second-order valence-corrected chi connectivity index (χ2v) is 4.74. The molecule has 118 valence electrons. The molecule has 0 spiro atoms. The lowest BCUT2D eigenvalue weighted by Gasteiger charge is -2.00. The number of azide groups is 1. The van der Waals surface area contributed by atoms with Crippen LogP contribution in [0.5, 0.6) is 0 Å². The minimum Gasteiger partial charge on any atom is -0.478 e. The molecule has 2 aromatic carbocycles. The van der Waals surface area contributed by atoms with Crippen molar-refractivity contribution in [2.24, 2.45) is 5.11 Å². The van der Waals surface area contributed by atoms with Gasteiger partial charge in [0.25, 0.3) is 0 Å². The van der Waals surface area contributed by atoms with Gasteiger partial charge < -0.3 is 5.11 Å². The molecule has 0 bridgehead atoms. The van der Waals surface area contributed by atoms with Gasteiger partial charge in [0.15, 0.2) is 5.78 Å². The Bertz CT molecular complexity index is 861. The number of allylic oxidation sites excluding steroid dienone is 1. The Morgan fingerprint density at radius 3 is 2.12 bits per heavy atom. The summed E-state index contributed by atoms with van der Waals surface area (Å²) in [5.41, 5.74) is 10.7. The van der Waals surface area contributed by atoms with Crippen molar-refractivity contribution in [2.75, 3.05) is 0 Å². The van der Waals surface area contributed by atoms with E-state index in [4.69, 9.17) is 10.6 Å². The Kier molecular flexibility index (Phi) is 5.66. The molecular formula is C18H13N3O3. The molecule has 0 fully saturated rings. The third-order valence-electron chi connectivity index (χ3n) is 3.10. The van der Waals surface area contributed by atoms with Gasteiger partial charge in [0.1, 0.15) is 0 Å². The molecule has 0 atom stereocenters. The summed E-state index contributed by atoms with van der Waals surface area (Å²) in [7, 11) is 0. The lowest BCUT2D eigenvalue weighted by Crippen LogP contribution is -1.94. The largest absolute Gasteiger partial charge is 0.478 e. The average Bonchev–Trinajstić information content (AvgIpc) is 2.59. The van der Waals surface area contributed by atoms with Crippen LogP contribution in [-0.2, 0) is 4.79 Å². The van der Waals surface area contributed by atoms with Crippen LogP contribution in [0.4, 0.5) is 5.69 Å². The van der Waals surface area contributed by atoms with E-state index in [1.165, 1.54) is 12.2 Å². The molecule has 0 saturated heterocycles. The van der Waals surface area contributed by atoms with E-state index in [1.807, 2.05) is 0 Å². The SMILES string of the molecule is [N-]=[N+]=Nc1ccccc1C(=O)/C=C/c1ccc(/C=C/C(=O)O)cc1. The first-order valence-corrected chi connectivity index (χ1v) is 6.98. The molecule has 24 heavy (non-hydrogen) atoms. The maximum Gasteiger partial charge on any atom is 0.328 e. The molecule has 6 heteroatoms. The van der Waals surface area contributed by atoms with Gasteiger partial charge >= 0.3 is 5.97 Å². The highest BCUT2D eigenvalue weighted by Gasteiger charge is 2.06. The number of nitrogens with zero attached hydrogens (tertiary/aromatic N) is 3. The summed E-state index contributed by atoms with van der Waals surface area (Å²) in [6.45, 7) is 0. The number of benzene rings is 2. The zero-order valence-corrected chi connectivity index (χ0v) is 12.5. The second-order valence-electron chi connectivity index (χ2n) is 4.74. The van der Waals surface area contributed by atoms with Crippen LogP contribution in [0, 0.1) is 0 Å². The van der Waals surface area contributed by atoms with E-state index in [-0.39, 0.29) is 11.5 Å². The molecule has 0 aromatic heterocycles. The van der Waals surface area contributed by atoms with Crippen molar-refractivity contribution < 1.29 is 14.7 Å². The molecule has 0 aliphatic rings. The predicted molar refractivity (Wildman–Crippen MR) is 91.7 cm³/mol. The van der Waals surface area contributed by atoms with Crippen LogP contribution in [0.25, 0.3) is 22.6 Å². The van der Waals surface area contributed by atoms with Crippen molar-refractivity contribution in [1.29, 1.82) is 0 Å². The Morgan fingerprint density at radius 1 is 0.958 bits per heavy atom. The summed E-state index contributed by atoms with van der Waals surface area (Å²) in [6, 6.07) is 13.6. The fraction of sp³-hybridized carbons (Fsp3) is 0. The fourth-order valence-electron chi connectivity index (χ4n) is 1.96. The standard InChI is InChI=1S/C18H13N3O3/c19-21-20-16-4-2-1-3-15(16)17(22)11-9-13-5-7-14(8-6-13)10-12-18(23)24/h1-12H,(H,23,24)/b11-9+,12-10+. The maximum absolute atomic E-state index is 12.2. The van der Waals surface area contributed by atoms with Crippen LogP contribution >= 0.6 is 0 Å². The number of ketones is 1. The number of hydrogen-bond acceptors (Lipinski definition) is 3. The summed E-state index contributed by atoms with van der Waals surface area (Å²) in [5, 5.41) is 12.1. The minimum absolute atomic E-state index is 0.271. The van der Waals surface area contributed by atoms with Gasteiger partial charge in [0.05, 0.1) is 0 Å². The van der Waals surface area contributed by atoms with Gasteiger partial charge in [-0.25, -0.2) is 4.79 Å². The molecule has 0 saturated carbocycles. The number of carboxylic acid groups (broad SMARTS) is 1. The molecule has 6 nitrogen and oxygen atoms in total. The molecule has 0 radical (unpaired) electrons. The Balaban J connectivity index is 2.15. The van der Waals surface area contributed by atoms with Crippen molar-refractivity contribution in [2.45, 2.75) is 0 Å². The quantitative estimate of drug-likeness (QED) is 0.276. The van der Waals surface area contributed by atoms with Crippen LogP contribution in [0.15, 0.2) is 65.8 Å². The Labute approximate surface area is 138 Å². The predicted octanol–water partition coefficient (Wildman–Crippen LogP) is 4.62. The summed E-state index contributed by atoms with van der Waals surface area (Å²) < 4.78 is 0. The van der Waals surface area contributed by atoms with E-state index in [2.05, 4.69) is 10.0 Å². The van der Waals surface area contributed by atoms with Crippen LogP contribution in [0.2, 0.25) is 0 Å². The Morgan fingerprint density at radius 2 is 1.54 bits per heavy atom. The van der Waals surface area contributed by atoms with Crippen LogP contribution in [-0.4, -0.2) is 16.9 Å². The first-order valence-electron chi connectivity index (χ1n) is 6.98. The molecule has 0 unspecified atom stereocenters. The van der Waals surface area contributed by atoms with E-state index in [1.54, 1.807) is 54.6 Å². The van der Waals surface area contributed by atoms with Crippen molar-refractivity contribution in [3.8, 4) is 0 Å². The van der Waals surface area contributed by atoms with Gasteiger partial charge in [-0.15, -0.1) is 0 Å². The molecule has 0 heterocycles. The van der Waals surface area contributed by atoms with Gasteiger partial charge in [-0.3, -0.25) is 4.79 Å². The van der Waals surface area contributed by atoms with E-state index in [0.717, 1.165) is 17.2 Å². The monoisotopic (exact) mass is 319 g/mol. The highest BCUT2D eigenvalue weighted by atomic mass is 16.4. The van der Waals surface area contributed by atoms with Gasteiger partial charge in [-0.1, -0.05) is 59.7 Å². The van der Waals surface area contributed by atoms with Crippen LogP contribution < -0.4 is 0 Å². The van der Waals surface area contributed by atoms with E-state index < -0.39 is 5.97 Å². The Hall–Kier alpha value is -3.63. The van der Waals surface area contributed by atoms with Crippen LogP contribution in [0.3, 0.4) is 0 Å². The van der Waals surface area contributed by atoms with Gasteiger partial charge in [-0.05, 0) is 28.8 Å². The number of aliphatic carboxylic acids is 1. The van der Waals surface area contributed by atoms with E-state index >= 15 is 0 Å². The smallest absolute Gasteiger partial charge is 0.328 e. The van der Waals surface area contributed by atoms with Crippen molar-refractivity contribution in [1.82, 2.24) is 0 Å². The molecule has 1 N–H and O–H groups in total. The average molecular weight is 319 g/mol. The van der Waals surface area contributed by atoms with E-state index in [0.29, 0.717) is 5.56 Å². The number of hydrogen-bond donors (Lipinski definition) is 1. The first-order chi connectivity index (χ1) is 11.6. The normalized spacial score (nSPS) is 10.7. The molecule has 0 aliphatic carbocycles. The zero-order valence-electron chi connectivity index (χ0n) is 12.5. The third kappa shape index (κ3) is 4.69. The summed E-state index contributed by atoms with van der Waals surface area (Å²) >= 11 is 0. The van der Waals surface area contributed by atoms with Crippen LogP contribution in [0.1, 0.15) is 21.5 Å². The topological polar surface area (TPSA) is 103 Å². The summed E-state index contributed by atoms with van der Waals surface area (Å²) in [6.07, 6.45) is 5.58. The third-order valence-corrected chi connectivity index (χ3v) is 3.10. The van der Waals surface area contributed by atoms with E-state index in [9.17, 15) is 9.59 Å². The molecule has 2 rings (SSSR count). The fourth-order valence-corrected chi connectivity index (χ4v) is 1.96. The number of carbonyl (C=O) groups excluding carboxylic acids is 1. The minimum atomic E-state index is -1.01. The summed E-state index contributed by atoms with van der Waals surface area (Å²) in [5.74, 6) is -1.28. The molecular weight excluding hydrogens is 306 g/mol. The van der Waals surface area contributed by atoms with Gasteiger partial charge in [0.2, 0.25) is 0 Å². The second kappa shape index (κ2) is 8.12. The number of carboxylic acids is 1. The molecule has 2 aromatic rings. The van der Waals surface area contributed by atoms with Gasteiger partial charge in [0, 0.05) is 22.2 Å². The maximum atomic E-state index is 12.2. The molecule has 0 aliphatic heterocycles. The zero-order chi connectivity index (χ0) is 17.4. The van der Waals surface area contributed by atoms with Crippen molar-refractivity contribution in [3.63, 3.8) is 0 Å². The highest BCUT2D eigenvalue weighted by Crippen LogP contribution is 2.20. The first kappa shape index (κ1) is 16.7. The lowest BCUT2D eigenvalue weighted by atomic mass is 10.1.